The molecule has 82 valence electrons. The fourth-order valence-corrected chi connectivity index (χ4v) is 2.97. The standard InChI is InChI=1S/C11H22N2O/c12-10-4-1-5-11(10)13-6-2-3-9(7-13)8-14/h9-11,14H,1-8,12H2. The van der Waals surface area contributed by atoms with E-state index in [1.54, 1.807) is 0 Å². The van der Waals surface area contributed by atoms with Crippen molar-refractivity contribution >= 4 is 0 Å². The van der Waals surface area contributed by atoms with Gasteiger partial charge in [-0.2, -0.15) is 0 Å². The van der Waals surface area contributed by atoms with E-state index < -0.39 is 0 Å². The van der Waals surface area contributed by atoms with Crippen LogP contribution in [0.5, 0.6) is 0 Å². The van der Waals surface area contributed by atoms with Crippen LogP contribution >= 0.6 is 0 Å². The number of hydrogen-bond donors (Lipinski definition) is 2. The van der Waals surface area contributed by atoms with Crippen LogP contribution < -0.4 is 5.73 Å². The Hall–Kier alpha value is -0.120. The molecule has 1 saturated carbocycles. The molecule has 3 atom stereocenters. The lowest BCUT2D eigenvalue weighted by Gasteiger charge is -2.37. The summed E-state index contributed by atoms with van der Waals surface area (Å²) in [6.45, 7) is 2.60. The SMILES string of the molecule is NC1CCCC1N1CCCC(CO)C1. The number of likely N-dealkylation sites (tertiary alicyclic amines) is 1. The summed E-state index contributed by atoms with van der Waals surface area (Å²) >= 11 is 0. The lowest BCUT2D eigenvalue weighted by atomic mass is 9.96. The first kappa shape index (κ1) is 10.4. The molecule has 1 heterocycles. The number of aliphatic hydroxyl groups excluding tert-OH is 1. The molecule has 3 nitrogen and oxygen atoms in total. The van der Waals surface area contributed by atoms with Crippen molar-refractivity contribution < 1.29 is 5.11 Å². The van der Waals surface area contributed by atoms with Crippen LogP contribution in [0.25, 0.3) is 0 Å². The summed E-state index contributed by atoms with van der Waals surface area (Å²) < 4.78 is 0. The monoisotopic (exact) mass is 198 g/mol. The van der Waals surface area contributed by atoms with Crippen molar-refractivity contribution in [1.82, 2.24) is 4.90 Å². The smallest absolute Gasteiger partial charge is 0.0471 e. The Balaban J connectivity index is 1.90. The second kappa shape index (κ2) is 4.60. The first-order chi connectivity index (χ1) is 6.81. The largest absolute Gasteiger partial charge is 0.396 e. The highest BCUT2D eigenvalue weighted by Gasteiger charge is 2.32. The van der Waals surface area contributed by atoms with Gasteiger partial charge in [-0.3, -0.25) is 4.90 Å². The Morgan fingerprint density at radius 2 is 2.07 bits per heavy atom. The van der Waals surface area contributed by atoms with E-state index >= 15 is 0 Å². The Morgan fingerprint density at radius 1 is 1.21 bits per heavy atom. The van der Waals surface area contributed by atoms with Gasteiger partial charge in [-0.15, -0.1) is 0 Å². The van der Waals surface area contributed by atoms with E-state index in [1.165, 1.54) is 38.6 Å². The highest BCUT2D eigenvalue weighted by molar-refractivity contribution is 4.90. The maximum absolute atomic E-state index is 9.16. The predicted molar refractivity (Wildman–Crippen MR) is 57.0 cm³/mol. The van der Waals surface area contributed by atoms with E-state index in [1.807, 2.05) is 0 Å². The first-order valence-electron chi connectivity index (χ1n) is 5.91. The molecule has 1 aliphatic carbocycles. The zero-order chi connectivity index (χ0) is 9.97. The number of nitrogens with two attached hydrogens (primary N) is 1. The molecule has 0 spiro atoms. The molecule has 0 aromatic heterocycles. The van der Waals surface area contributed by atoms with Gasteiger partial charge in [0.1, 0.15) is 0 Å². The molecule has 14 heavy (non-hydrogen) atoms. The number of aliphatic hydroxyl groups is 1. The molecule has 3 N–H and O–H groups in total. The topological polar surface area (TPSA) is 49.5 Å². The predicted octanol–water partition coefficient (Wildman–Crippen LogP) is 0.570. The molecule has 0 bridgehead atoms. The minimum absolute atomic E-state index is 0.346. The Kier molecular flexibility index (Phi) is 3.42. The third-order valence-electron chi connectivity index (χ3n) is 3.81. The van der Waals surface area contributed by atoms with E-state index in [4.69, 9.17) is 10.8 Å². The van der Waals surface area contributed by atoms with E-state index in [-0.39, 0.29) is 0 Å². The summed E-state index contributed by atoms with van der Waals surface area (Å²) in [7, 11) is 0. The van der Waals surface area contributed by atoms with Gasteiger partial charge in [0.2, 0.25) is 0 Å². The maximum atomic E-state index is 9.16. The summed E-state index contributed by atoms with van der Waals surface area (Å²) in [6.07, 6.45) is 6.15. The van der Waals surface area contributed by atoms with Crippen LogP contribution in [0.3, 0.4) is 0 Å². The molecule has 3 unspecified atom stereocenters. The summed E-state index contributed by atoms with van der Waals surface area (Å²) in [4.78, 5) is 2.52. The minimum Gasteiger partial charge on any atom is -0.396 e. The normalized spacial score (nSPS) is 40.3. The van der Waals surface area contributed by atoms with Gasteiger partial charge < -0.3 is 10.8 Å². The van der Waals surface area contributed by atoms with Crippen LogP contribution in [0.15, 0.2) is 0 Å². The van der Waals surface area contributed by atoms with Crippen molar-refractivity contribution in [2.45, 2.75) is 44.2 Å². The van der Waals surface area contributed by atoms with Gasteiger partial charge in [-0.1, -0.05) is 6.42 Å². The summed E-state index contributed by atoms with van der Waals surface area (Å²) in [6, 6.07) is 0.983. The zero-order valence-corrected chi connectivity index (χ0v) is 8.86. The summed E-state index contributed by atoms with van der Waals surface area (Å²) in [5.41, 5.74) is 6.09. The first-order valence-corrected chi connectivity index (χ1v) is 5.91. The quantitative estimate of drug-likeness (QED) is 0.682. The van der Waals surface area contributed by atoms with Gasteiger partial charge in [0, 0.05) is 25.2 Å². The van der Waals surface area contributed by atoms with E-state index in [9.17, 15) is 0 Å². The van der Waals surface area contributed by atoms with Gasteiger partial charge in [-0.25, -0.2) is 0 Å². The van der Waals surface area contributed by atoms with Crippen molar-refractivity contribution in [3.05, 3.63) is 0 Å². The Bertz CT molecular complexity index is 186. The van der Waals surface area contributed by atoms with Crippen molar-refractivity contribution in [2.75, 3.05) is 19.7 Å². The number of rotatable bonds is 2. The van der Waals surface area contributed by atoms with Crippen molar-refractivity contribution in [1.29, 1.82) is 0 Å². The highest BCUT2D eigenvalue weighted by atomic mass is 16.3. The second-order valence-electron chi connectivity index (χ2n) is 4.85. The lowest BCUT2D eigenvalue weighted by Crippen LogP contribution is -2.49. The summed E-state index contributed by atoms with van der Waals surface area (Å²) in [5, 5.41) is 9.16. The van der Waals surface area contributed by atoms with Crippen LogP contribution in [-0.2, 0) is 0 Å². The average molecular weight is 198 g/mol. The van der Waals surface area contributed by atoms with Crippen LogP contribution in [0, 0.1) is 5.92 Å². The molecule has 1 saturated heterocycles. The van der Waals surface area contributed by atoms with Crippen molar-refractivity contribution in [2.24, 2.45) is 11.7 Å². The molecule has 0 aromatic carbocycles. The molecule has 1 aliphatic heterocycles. The molecule has 0 radical (unpaired) electrons. The number of piperidine rings is 1. The van der Waals surface area contributed by atoms with Crippen LogP contribution in [0.1, 0.15) is 32.1 Å². The highest BCUT2D eigenvalue weighted by Crippen LogP contribution is 2.27. The third kappa shape index (κ3) is 2.10. The molecule has 2 rings (SSSR count). The second-order valence-corrected chi connectivity index (χ2v) is 4.85. The molecular weight excluding hydrogens is 176 g/mol. The fourth-order valence-electron chi connectivity index (χ4n) is 2.97. The maximum Gasteiger partial charge on any atom is 0.0471 e. The third-order valence-corrected chi connectivity index (χ3v) is 3.81. The zero-order valence-electron chi connectivity index (χ0n) is 8.86. The van der Waals surface area contributed by atoms with Gasteiger partial charge in [0.05, 0.1) is 0 Å². The molecule has 0 aromatic rings. The lowest BCUT2D eigenvalue weighted by molar-refractivity contribution is 0.0842. The van der Waals surface area contributed by atoms with Crippen molar-refractivity contribution in [3.8, 4) is 0 Å². The van der Waals surface area contributed by atoms with Gasteiger partial charge in [0.15, 0.2) is 0 Å². The molecule has 2 fully saturated rings. The van der Waals surface area contributed by atoms with Crippen LogP contribution in [-0.4, -0.2) is 41.8 Å². The van der Waals surface area contributed by atoms with Crippen LogP contribution in [0.4, 0.5) is 0 Å². The molecule has 2 aliphatic rings. The minimum atomic E-state index is 0.346. The number of nitrogens with zero attached hydrogens (tertiary/aromatic N) is 1. The van der Waals surface area contributed by atoms with Gasteiger partial charge in [0.25, 0.3) is 0 Å². The number of hydrogen-bond acceptors (Lipinski definition) is 3. The Morgan fingerprint density at radius 3 is 2.71 bits per heavy atom. The fraction of sp³-hybridized carbons (Fsp3) is 1.00. The Labute approximate surface area is 86.3 Å². The molecule has 0 amide bonds. The van der Waals surface area contributed by atoms with E-state index in [0.29, 0.717) is 24.6 Å². The van der Waals surface area contributed by atoms with Gasteiger partial charge >= 0.3 is 0 Å². The van der Waals surface area contributed by atoms with Gasteiger partial charge in [-0.05, 0) is 38.1 Å². The van der Waals surface area contributed by atoms with E-state index in [0.717, 1.165) is 6.54 Å². The molecular formula is C11H22N2O. The molecule has 3 heteroatoms. The average Bonchev–Trinajstić information content (AvgIpc) is 2.65. The summed E-state index contributed by atoms with van der Waals surface area (Å²) in [5.74, 6) is 0.497. The van der Waals surface area contributed by atoms with Crippen molar-refractivity contribution in [3.63, 3.8) is 0 Å². The van der Waals surface area contributed by atoms with Crippen LogP contribution in [0.2, 0.25) is 0 Å². The van der Waals surface area contributed by atoms with E-state index in [2.05, 4.69) is 4.90 Å².